The molecular weight excluding hydrogens is 246 g/mol. The topological polar surface area (TPSA) is 77.2 Å². The van der Waals surface area contributed by atoms with Crippen LogP contribution < -0.4 is 0 Å². The highest BCUT2D eigenvalue weighted by Gasteiger charge is 2.31. The third-order valence-electron chi connectivity index (χ3n) is 3.66. The van der Waals surface area contributed by atoms with Crippen LogP contribution >= 0.6 is 0 Å². The Bertz CT molecular complexity index is 408. The average Bonchev–Trinajstić information content (AvgIpc) is 2.89. The van der Waals surface area contributed by atoms with Crippen molar-refractivity contribution in [3.63, 3.8) is 0 Å². The van der Waals surface area contributed by atoms with E-state index in [1.165, 1.54) is 0 Å². The van der Waals surface area contributed by atoms with E-state index in [-0.39, 0.29) is 24.5 Å². The third kappa shape index (κ3) is 3.61. The number of aliphatic hydroxyl groups is 1. The SMILES string of the molecule is CCc1cn(CC2OCC(C=O)CC2CCO)nn1. The minimum Gasteiger partial charge on any atom is -0.396 e. The maximum atomic E-state index is 10.8. The zero-order valence-electron chi connectivity index (χ0n) is 11.2. The van der Waals surface area contributed by atoms with E-state index in [9.17, 15) is 4.79 Å². The summed E-state index contributed by atoms with van der Waals surface area (Å²) in [6.45, 7) is 3.25. The summed E-state index contributed by atoms with van der Waals surface area (Å²) in [5.41, 5.74) is 0.959. The number of hydrogen-bond donors (Lipinski definition) is 1. The zero-order valence-corrected chi connectivity index (χ0v) is 11.2. The molecule has 6 nitrogen and oxygen atoms in total. The minimum atomic E-state index is -0.0465. The number of carbonyl (C=O) groups is 1. The minimum absolute atomic E-state index is 0.00486. The molecule has 19 heavy (non-hydrogen) atoms. The number of aliphatic hydroxyl groups excluding tert-OH is 1. The maximum absolute atomic E-state index is 10.8. The van der Waals surface area contributed by atoms with E-state index in [0.717, 1.165) is 24.8 Å². The molecule has 1 saturated heterocycles. The van der Waals surface area contributed by atoms with Gasteiger partial charge in [0.05, 0.1) is 24.9 Å². The van der Waals surface area contributed by atoms with Gasteiger partial charge < -0.3 is 14.6 Å². The fourth-order valence-corrected chi connectivity index (χ4v) is 2.53. The maximum Gasteiger partial charge on any atom is 0.125 e. The van der Waals surface area contributed by atoms with Crippen molar-refractivity contribution < 1.29 is 14.6 Å². The fraction of sp³-hybridized carbons (Fsp3) is 0.769. The third-order valence-corrected chi connectivity index (χ3v) is 3.66. The molecule has 2 rings (SSSR count). The highest BCUT2D eigenvalue weighted by atomic mass is 16.5. The van der Waals surface area contributed by atoms with E-state index in [0.29, 0.717) is 19.6 Å². The van der Waals surface area contributed by atoms with E-state index in [1.807, 2.05) is 13.1 Å². The molecule has 1 aliphatic rings. The number of aromatic nitrogens is 3. The van der Waals surface area contributed by atoms with Crippen molar-refractivity contribution in [2.45, 2.75) is 38.8 Å². The number of hydrogen-bond acceptors (Lipinski definition) is 5. The van der Waals surface area contributed by atoms with E-state index in [2.05, 4.69) is 10.3 Å². The summed E-state index contributed by atoms with van der Waals surface area (Å²) in [5, 5.41) is 17.2. The Balaban J connectivity index is 1.98. The number of carbonyl (C=O) groups excluding carboxylic acids is 1. The molecule has 1 N–H and O–H groups in total. The van der Waals surface area contributed by atoms with Crippen LogP contribution in [0.1, 0.15) is 25.5 Å². The summed E-state index contributed by atoms with van der Waals surface area (Å²) in [5.74, 6) is 0.151. The van der Waals surface area contributed by atoms with Crippen LogP contribution in [0.5, 0.6) is 0 Å². The highest BCUT2D eigenvalue weighted by Crippen LogP contribution is 2.27. The van der Waals surface area contributed by atoms with Gasteiger partial charge in [-0.3, -0.25) is 0 Å². The quantitative estimate of drug-likeness (QED) is 0.757. The van der Waals surface area contributed by atoms with Crippen molar-refractivity contribution in [3.8, 4) is 0 Å². The second kappa shape index (κ2) is 6.77. The first-order valence-corrected chi connectivity index (χ1v) is 6.83. The molecule has 1 aromatic heterocycles. The Morgan fingerprint density at radius 3 is 3.11 bits per heavy atom. The highest BCUT2D eigenvalue weighted by molar-refractivity contribution is 5.53. The summed E-state index contributed by atoms with van der Waals surface area (Å²) in [6, 6.07) is 0. The lowest BCUT2D eigenvalue weighted by Crippen LogP contribution is -2.38. The van der Waals surface area contributed by atoms with E-state index < -0.39 is 0 Å². The van der Waals surface area contributed by atoms with Gasteiger partial charge in [0.15, 0.2) is 0 Å². The Kier molecular flexibility index (Phi) is 5.04. The van der Waals surface area contributed by atoms with Crippen molar-refractivity contribution in [2.75, 3.05) is 13.2 Å². The van der Waals surface area contributed by atoms with Crippen molar-refractivity contribution in [1.29, 1.82) is 0 Å². The molecule has 0 radical (unpaired) electrons. The first kappa shape index (κ1) is 14.1. The van der Waals surface area contributed by atoms with Gasteiger partial charge in [-0.1, -0.05) is 12.1 Å². The van der Waals surface area contributed by atoms with Crippen LogP contribution in [0, 0.1) is 11.8 Å². The van der Waals surface area contributed by atoms with Gasteiger partial charge in [-0.25, -0.2) is 4.68 Å². The van der Waals surface area contributed by atoms with Crippen LogP contribution in [-0.4, -0.2) is 45.7 Å². The van der Waals surface area contributed by atoms with Crippen LogP contribution in [-0.2, 0) is 22.5 Å². The van der Waals surface area contributed by atoms with E-state index >= 15 is 0 Å². The van der Waals surface area contributed by atoms with E-state index in [1.54, 1.807) is 4.68 Å². The van der Waals surface area contributed by atoms with Gasteiger partial charge in [0.1, 0.15) is 6.29 Å². The number of aldehydes is 1. The molecule has 2 heterocycles. The van der Waals surface area contributed by atoms with Gasteiger partial charge in [-0.2, -0.15) is 0 Å². The lowest BCUT2D eigenvalue weighted by atomic mass is 9.86. The summed E-state index contributed by atoms with van der Waals surface area (Å²) >= 11 is 0. The summed E-state index contributed by atoms with van der Waals surface area (Å²) in [4.78, 5) is 10.8. The van der Waals surface area contributed by atoms with Crippen molar-refractivity contribution >= 4 is 6.29 Å². The van der Waals surface area contributed by atoms with Gasteiger partial charge in [-0.05, 0) is 25.2 Å². The summed E-state index contributed by atoms with van der Waals surface area (Å²) in [7, 11) is 0. The van der Waals surface area contributed by atoms with Crippen LogP contribution in [0.2, 0.25) is 0 Å². The van der Waals surface area contributed by atoms with Crippen LogP contribution in [0.3, 0.4) is 0 Å². The molecule has 0 spiro atoms. The molecule has 0 saturated carbocycles. The van der Waals surface area contributed by atoms with Gasteiger partial charge in [-0.15, -0.1) is 5.10 Å². The van der Waals surface area contributed by atoms with Gasteiger partial charge in [0.2, 0.25) is 0 Å². The van der Waals surface area contributed by atoms with Crippen LogP contribution in [0.15, 0.2) is 6.20 Å². The smallest absolute Gasteiger partial charge is 0.125 e. The van der Waals surface area contributed by atoms with Crippen molar-refractivity contribution in [1.82, 2.24) is 15.0 Å². The molecule has 1 aliphatic heterocycles. The summed E-state index contributed by atoms with van der Waals surface area (Å²) < 4.78 is 7.55. The number of aryl methyl sites for hydroxylation is 1. The zero-order chi connectivity index (χ0) is 13.7. The number of ether oxygens (including phenoxy) is 1. The second-order valence-electron chi connectivity index (χ2n) is 5.06. The van der Waals surface area contributed by atoms with Gasteiger partial charge in [0, 0.05) is 18.7 Å². The Morgan fingerprint density at radius 1 is 1.63 bits per heavy atom. The molecule has 6 heteroatoms. The standard InChI is InChI=1S/C13H21N3O3/c1-2-12-6-16(15-14-12)7-13-11(3-4-17)5-10(8-18)9-19-13/h6,8,10-11,13,17H,2-5,7,9H2,1H3. The molecule has 1 fully saturated rings. The second-order valence-corrected chi connectivity index (χ2v) is 5.06. The molecule has 0 aliphatic carbocycles. The molecule has 3 unspecified atom stereocenters. The van der Waals surface area contributed by atoms with E-state index in [4.69, 9.17) is 9.84 Å². The molecular formula is C13H21N3O3. The van der Waals surface area contributed by atoms with Crippen LogP contribution in [0.4, 0.5) is 0 Å². The normalized spacial score (nSPS) is 27.4. The fourth-order valence-electron chi connectivity index (χ4n) is 2.53. The Labute approximate surface area is 112 Å². The number of rotatable bonds is 6. The Morgan fingerprint density at radius 2 is 2.47 bits per heavy atom. The predicted molar refractivity (Wildman–Crippen MR) is 68.5 cm³/mol. The molecule has 1 aromatic rings. The predicted octanol–water partition coefficient (Wildman–Crippen LogP) is 0.443. The lowest BCUT2D eigenvalue weighted by molar-refractivity contribution is -0.122. The van der Waals surface area contributed by atoms with Crippen molar-refractivity contribution in [2.24, 2.45) is 11.8 Å². The van der Waals surface area contributed by atoms with Gasteiger partial charge in [0.25, 0.3) is 0 Å². The van der Waals surface area contributed by atoms with Gasteiger partial charge >= 0.3 is 0 Å². The van der Waals surface area contributed by atoms with Crippen molar-refractivity contribution in [3.05, 3.63) is 11.9 Å². The first-order chi connectivity index (χ1) is 9.26. The molecule has 0 amide bonds. The molecule has 0 aromatic carbocycles. The number of nitrogens with zero attached hydrogens (tertiary/aromatic N) is 3. The largest absolute Gasteiger partial charge is 0.396 e. The first-order valence-electron chi connectivity index (χ1n) is 6.83. The monoisotopic (exact) mass is 267 g/mol. The summed E-state index contributed by atoms with van der Waals surface area (Å²) in [6.07, 6.45) is 5.17. The Hall–Kier alpha value is -1.27. The average molecular weight is 267 g/mol. The van der Waals surface area contributed by atoms with Crippen LogP contribution in [0.25, 0.3) is 0 Å². The molecule has 106 valence electrons. The lowest BCUT2D eigenvalue weighted by Gasteiger charge is -2.34. The molecule has 0 bridgehead atoms. The molecule has 3 atom stereocenters.